The van der Waals surface area contributed by atoms with Gasteiger partial charge in [0.15, 0.2) is 5.96 Å². The first-order valence-electron chi connectivity index (χ1n) is 11.2. The third kappa shape index (κ3) is 7.29. The first kappa shape index (κ1) is 24.2. The van der Waals surface area contributed by atoms with Crippen LogP contribution in [-0.4, -0.2) is 76.3 Å². The van der Waals surface area contributed by atoms with Crippen molar-refractivity contribution in [1.82, 2.24) is 20.9 Å². The SMILES string of the molecule is CCC(CC)C(CNC(=NC)NCCc1cccc(C(=O)NC)c1)N1CCOCC1. The van der Waals surface area contributed by atoms with E-state index in [0.717, 1.165) is 57.3 Å². The number of nitrogens with zero attached hydrogens (tertiary/aromatic N) is 2. The molecule has 7 nitrogen and oxygen atoms in total. The molecule has 1 aromatic rings. The zero-order valence-corrected chi connectivity index (χ0v) is 19.0. The second-order valence-electron chi connectivity index (χ2n) is 7.70. The summed E-state index contributed by atoms with van der Waals surface area (Å²) in [7, 11) is 3.46. The second-order valence-corrected chi connectivity index (χ2v) is 7.70. The predicted molar refractivity (Wildman–Crippen MR) is 123 cm³/mol. The fraction of sp³-hybridized carbons (Fsp3) is 0.652. The van der Waals surface area contributed by atoms with Gasteiger partial charge in [-0.05, 0) is 30.0 Å². The molecule has 1 aliphatic heterocycles. The maximum Gasteiger partial charge on any atom is 0.251 e. The van der Waals surface area contributed by atoms with E-state index < -0.39 is 0 Å². The van der Waals surface area contributed by atoms with Crippen molar-refractivity contribution in [2.24, 2.45) is 10.9 Å². The van der Waals surface area contributed by atoms with Gasteiger partial charge in [0.05, 0.1) is 13.2 Å². The maximum absolute atomic E-state index is 11.8. The van der Waals surface area contributed by atoms with E-state index in [1.807, 2.05) is 31.3 Å². The molecule has 3 N–H and O–H groups in total. The van der Waals surface area contributed by atoms with Crippen molar-refractivity contribution in [3.05, 3.63) is 35.4 Å². The van der Waals surface area contributed by atoms with Gasteiger partial charge in [0.25, 0.3) is 5.91 Å². The molecule has 2 rings (SSSR count). The zero-order chi connectivity index (χ0) is 21.8. The number of carbonyl (C=O) groups excluding carboxylic acids is 1. The number of rotatable bonds is 10. The molecule has 7 heteroatoms. The minimum atomic E-state index is -0.0576. The first-order chi connectivity index (χ1) is 14.6. The van der Waals surface area contributed by atoms with Gasteiger partial charge in [0.2, 0.25) is 0 Å². The smallest absolute Gasteiger partial charge is 0.251 e. The van der Waals surface area contributed by atoms with E-state index in [2.05, 4.69) is 39.7 Å². The Balaban J connectivity index is 1.87. The Bertz CT molecular complexity index is 669. The number of guanidine groups is 1. The molecule has 0 saturated carbocycles. The van der Waals surface area contributed by atoms with E-state index in [1.165, 1.54) is 12.8 Å². The van der Waals surface area contributed by atoms with Gasteiger partial charge in [-0.2, -0.15) is 0 Å². The van der Waals surface area contributed by atoms with Crippen LogP contribution in [0.25, 0.3) is 0 Å². The third-order valence-corrected chi connectivity index (χ3v) is 5.93. The Labute approximate surface area is 181 Å². The molecule has 0 aromatic heterocycles. The summed E-state index contributed by atoms with van der Waals surface area (Å²) in [6.07, 6.45) is 3.17. The van der Waals surface area contributed by atoms with E-state index >= 15 is 0 Å². The molecule has 30 heavy (non-hydrogen) atoms. The molecular weight excluding hydrogens is 378 g/mol. The highest BCUT2D eigenvalue weighted by Gasteiger charge is 2.26. The molecule has 0 radical (unpaired) electrons. The molecule has 1 fully saturated rings. The summed E-state index contributed by atoms with van der Waals surface area (Å²) in [6, 6.07) is 8.23. The summed E-state index contributed by atoms with van der Waals surface area (Å²) < 4.78 is 5.55. The number of aliphatic imine (C=N–C) groups is 1. The summed E-state index contributed by atoms with van der Waals surface area (Å²) in [5.41, 5.74) is 1.82. The van der Waals surface area contributed by atoms with Crippen molar-refractivity contribution in [3.8, 4) is 0 Å². The van der Waals surface area contributed by atoms with Gasteiger partial charge in [0.1, 0.15) is 0 Å². The highest BCUT2D eigenvalue weighted by atomic mass is 16.5. The standard InChI is InChI=1S/C23H39N5O2/c1-5-19(6-2)21(28-12-14-30-15-13-28)17-27-23(25-4)26-11-10-18-8-7-9-20(16-18)22(29)24-3/h7-9,16,19,21H,5-6,10-15,17H2,1-4H3,(H,24,29)(H2,25,26,27). The lowest BCUT2D eigenvalue weighted by atomic mass is 9.92. The van der Waals surface area contributed by atoms with Crippen molar-refractivity contribution < 1.29 is 9.53 Å². The van der Waals surface area contributed by atoms with Crippen molar-refractivity contribution in [2.45, 2.75) is 39.2 Å². The lowest BCUT2D eigenvalue weighted by Crippen LogP contribution is -2.53. The van der Waals surface area contributed by atoms with E-state index in [1.54, 1.807) is 7.05 Å². The van der Waals surface area contributed by atoms with Crippen molar-refractivity contribution in [3.63, 3.8) is 0 Å². The number of benzene rings is 1. The highest BCUT2D eigenvalue weighted by Crippen LogP contribution is 2.19. The van der Waals surface area contributed by atoms with Crippen LogP contribution in [0.1, 0.15) is 42.6 Å². The number of amides is 1. The minimum Gasteiger partial charge on any atom is -0.379 e. The number of morpholine rings is 1. The quantitative estimate of drug-likeness (QED) is 0.400. The van der Waals surface area contributed by atoms with Crippen molar-refractivity contribution in [2.75, 3.05) is 53.5 Å². The topological polar surface area (TPSA) is 78.0 Å². The summed E-state index contributed by atoms with van der Waals surface area (Å²) in [5, 5.41) is 9.61. The van der Waals surface area contributed by atoms with Crippen LogP contribution in [-0.2, 0) is 11.2 Å². The lowest BCUT2D eigenvalue weighted by Gasteiger charge is -2.39. The van der Waals surface area contributed by atoms with Crippen LogP contribution in [0.4, 0.5) is 0 Å². The van der Waals surface area contributed by atoms with E-state index in [0.29, 0.717) is 17.5 Å². The molecule has 168 valence electrons. The Morgan fingerprint density at radius 1 is 1.20 bits per heavy atom. The monoisotopic (exact) mass is 417 g/mol. The number of carbonyl (C=O) groups is 1. The molecule has 0 aliphatic carbocycles. The van der Waals surface area contributed by atoms with Crippen molar-refractivity contribution in [1.29, 1.82) is 0 Å². The summed E-state index contributed by atoms with van der Waals surface area (Å²) in [6.45, 7) is 9.82. The molecular formula is C23H39N5O2. The van der Waals surface area contributed by atoms with Crippen LogP contribution in [0.5, 0.6) is 0 Å². The molecule has 1 saturated heterocycles. The van der Waals surface area contributed by atoms with E-state index in [-0.39, 0.29) is 5.91 Å². The fourth-order valence-corrected chi connectivity index (χ4v) is 4.10. The summed E-state index contributed by atoms with van der Waals surface area (Å²) >= 11 is 0. The summed E-state index contributed by atoms with van der Waals surface area (Å²) in [4.78, 5) is 18.8. The van der Waals surface area contributed by atoms with Gasteiger partial charge in [-0.15, -0.1) is 0 Å². The molecule has 0 spiro atoms. The summed E-state index contributed by atoms with van der Waals surface area (Å²) in [5.74, 6) is 1.42. The molecule has 1 amide bonds. The molecule has 0 bridgehead atoms. The Morgan fingerprint density at radius 2 is 1.93 bits per heavy atom. The molecule has 1 unspecified atom stereocenters. The Hall–Kier alpha value is -2.12. The normalized spacial score (nSPS) is 16.4. The molecule has 1 aliphatic rings. The first-order valence-corrected chi connectivity index (χ1v) is 11.2. The highest BCUT2D eigenvalue weighted by molar-refractivity contribution is 5.94. The lowest BCUT2D eigenvalue weighted by molar-refractivity contribution is 0.00272. The number of hydrogen-bond donors (Lipinski definition) is 3. The fourth-order valence-electron chi connectivity index (χ4n) is 4.10. The third-order valence-electron chi connectivity index (χ3n) is 5.93. The van der Waals surface area contributed by atoms with Crippen LogP contribution in [0, 0.1) is 5.92 Å². The van der Waals surface area contributed by atoms with Gasteiger partial charge in [-0.3, -0.25) is 14.7 Å². The molecule has 1 heterocycles. The number of nitrogens with one attached hydrogen (secondary N) is 3. The number of hydrogen-bond acceptors (Lipinski definition) is 4. The van der Waals surface area contributed by atoms with Crippen LogP contribution in [0.2, 0.25) is 0 Å². The van der Waals surface area contributed by atoms with Gasteiger partial charge in [-0.1, -0.05) is 38.8 Å². The minimum absolute atomic E-state index is 0.0576. The average molecular weight is 418 g/mol. The van der Waals surface area contributed by atoms with Crippen LogP contribution in [0.3, 0.4) is 0 Å². The van der Waals surface area contributed by atoms with Crippen LogP contribution < -0.4 is 16.0 Å². The Morgan fingerprint density at radius 3 is 2.57 bits per heavy atom. The largest absolute Gasteiger partial charge is 0.379 e. The van der Waals surface area contributed by atoms with Gasteiger partial charge in [0, 0.05) is 51.9 Å². The van der Waals surface area contributed by atoms with Crippen LogP contribution >= 0.6 is 0 Å². The van der Waals surface area contributed by atoms with E-state index in [4.69, 9.17) is 4.74 Å². The van der Waals surface area contributed by atoms with Crippen LogP contribution in [0.15, 0.2) is 29.3 Å². The predicted octanol–water partition coefficient (Wildman–Crippen LogP) is 1.89. The van der Waals surface area contributed by atoms with Gasteiger partial charge < -0.3 is 20.7 Å². The molecule has 1 aromatic carbocycles. The van der Waals surface area contributed by atoms with Gasteiger partial charge >= 0.3 is 0 Å². The zero-order valence-electron chi connectivity index (χ0n) is 19.0. The molecule has 1 atom stereocenters. The Kier molecular flexibility index (Phi) is 10.7. The number of ether oxygens (including phenoxy) is 1. The van der Waals surface area contributed by atoms with Crippen molar-refractivity contribution >= 4 is 11.9 Å². The average Bonchev–Trinajstić information content (AvgIpc) is 2.80. The van der Waals surface area contributed by atoms with E-state index in [9.17, 15) is 4.79 Å². The second kappa shape index (κ2) is 13.2. The maximum atomic E-state index is 11.8. The van der Waals surface area contributed by atoms with Gasteiger partial charge in [-0.25, -0.2) is 0 Å².